The second kappa shape index (κ2) is 12.3. The Bertz CT molecular complexity index is 961. The molecule has 0 aromatic heterocycles. The van der Waals surface area contributed by atoms with Gasteiger partial charge in [0.2, 0.25) is 0 Å². The minimum atomic E-state index is -0.0187. The van der Waals surface area contributed by atoms with Crippen molar-refractivity contribution in [2.75, 3.05) is 0 Å². The molecule has 0 unspecified atom stereocenters. The van der Waals surface area contributed by atoms with Gasteiger partial charge in [-0.25, -0.2) is 0 Å². The van der Waals surface area contributed by atoms with Gasteiger partial charge in [-0.3, -0.25) is 0 Å². The summed E-state index contributed by atoms with van der Waals surface area (Å²) in [4.78, 5) is 0. The zero-order valence-electron chi connectivity index (χ0n) is 20.0. The van der Waals surface area contributed by atoms with Gasteiger partial charge in [0, 0.05) is 12.7 Å². The van der Waals surface area contributed by atoms with Crippen molar-refractivity contribution in [1.82, 2.24) is 0 Å². The first-order chi connectivity index (χ1) is 16.2. The minimum Gasteiger partial charge on any atom is -0.455 e. The lowest BCUT2D eigenvalue weighted by molar-refractivity contribution is 0.0449. The first-order valence-corrected chi connectivity index (χ1v) is 16.9. The van der Waals surface area contributed by atoms with Crippen molar-refractivity contribution in [3.63, 3.8) is 0 Å². The smallest absolute Gasteiger partial charge is 0.154 e. The van der Waals surface area contributed by atoms with Crippen LogP contribution in [0.25, 0.3) is 0 Å². The van der Waals surface area contributed by atoms with Crippen molar-refractivity contribution in [3.05, 3.63) is 49.7 Å². The molecule has 0 atom stereocenters. The first-order valence-electron chi connectivity index (χ1n) is 12.6. The van der Waals surface area contributed by atoms with E-state index in [-0.39, 0.29) is 11.0 Å². The first kappa shape index (κ1) is 28.1. The van der Waals surface area contributed by atoms with Crippen molar-refractivity contribution in [2.45, 2.75) is 95.9 Å². The zero-order valence-corrected chi connectivity index (χ0v) is 28.6. The summed E-state index contributed by atoms with van der Waals surface area (Å²) < 4.78 is 11.3. The van der Waals surface area contributed by atoms with Crippen LogP contribution < -0.4 is 10.5 Å². The van der Waals surface area contributed by atoms with E-state index < -0.39 is 0 Å². The Morgan fingerprint density at radius 1 is 0.706 bits per heavy atom. The summed E-state index contributed by atoms with van der Waals surface area (Å²) in [5, 5.41) is 0. The number of nitrogens with two attached hydrogens (primary N) is 1. The summed E-state index contributed by atoms with van der Waals surface area (Å²) in [6, 6.07) is 9.01. The normalized spacial score (nSPS) is 20.4. The third-order valence-corrected chi connectivity index (χ3v) is 12.0. The van der Waals surface area contributed by atoms with Crippen LogP contribution >= 0.6 is 90.4 Å². The topological polar surface area (TPSA) is 35.2 Å². The monoisotopic (exact) mass is 909 g/mol. The minimum absolute atomic E-state index is 0.0187. The fourth-order valence-corrected chi connectivity index (χ4v) is 9.98. The van der Waals surface area contributed by atoms with Crippen LogP contribution in [0, 0.1) is 26.6 Å². The fraction of sp³-hybridized carbons (Fsp3) is 0.571. The Morgan fingerprint density at radius 2 is 1.18 bits per heavy atom. The van der Waals surface area contributed by atoms with Crippen LogP contribution in [-0.4, -0.2) is 5.54 Å². The molecular weight excluding hydrogens is 874 g/mol. The van der Waals surface area contributed by atoms with Gasteiger partial charge < -0.3 is 10.5 Å². The van der Waals surface area contributed by atoms with Crippen LogP contribution in [0.15, 0.2) is 24.3 Å². The third-order valence-electron chi connectivity index (χ3n) is 8.19. The summed E-state index contributed by atoms with van der Waals surface area (Å²) >= 11 is 9.73. The molecule has 0 saturated heterocycles. The van der Waals surface area contributed by atoms with E-state index in [1.165, 1.54) is 102 Å². The summed E-state index contributed by atoms with van der Waals surface area (Å²) in [5.41, 5.74) is 10.4. The molecule has 2 aromatic carbocycles. The molecule has 186 valence electrons. The predicted molar refractivity (Wildman–Crippen MR) is 177 cm³/mol. The number of halogens is 4. The molecule has 2 N–H and O–H groups in total. The highest BCUT2D eigenvalue weighted by atomic mass is 127. The van der Waals surface area contributed by atoms with E-state index in [9.17, 15) is 0 Å². The molecule has 2 aliphatic rings. The van der Waals surface area contributed by atoms with E-state index in [0.29, 0.717) is 0 Å². The number of hydrogen-bond acceptors (Lipinski definition) is 2. The summed E-state index contributed by atoms with van der Waals surface area (Å²) in [6.07, 6.45) is 16.8. The summed E-state index contributed by atoms with van der Waals surface area (Å²) in [6.45, 7) is 2.16. The molecule has 0 spiro atoms. The maximum Gasteiger partial charge on any atom is 0.154 e. The lowest BCUT2D eigenvalue weighted by atomic mass is 9.56. The number of benzene rings is 2. The van der Waals surface area contributed by atoms with Crippen molar-refractivity contribution in [3.8, 4) is 11.5 Å². The Hall–Kier alpha value is 1.12. The largest absolute Gasteiger partial charge is 0.455 e. The maximum absolute atomic E-state index is 7.40. The van der Waals surface area contributed by atoms with Gasteiger partial charge in [-0.05, 0) is 170 Å². The Labute approximate surface area is 260 Å². The van der Waals surface area contributed by atoms with Gasteiger partial charge in [-0.2, -0.15) is 0 Å². The van der Waals surface area contributed by atoms with Gasteiger partial charge in [0.1, 0.15) is 5.75 Å². The lowest BCUT2D eigenvalue weighted by Crippen LogP contribution is -2.57. The molecule has 0 amide bonds. The van der Waals surface area contributed by atoms with Crippen LogP contribution in [0.5, 0.6) is 11.5 Å². The molecule has 2 saturated carbocycles. The van der Waals surface area contributed by atoms with Gasteiger partial charge >= 0.3 is 0 Å². The van der Waals surface area contributed by atoms with Crippen LogP contribution in [0.3, 0.4) is 0 Å². The van der Waals surface area contributed by atoms with E-state index in [1.807, 2.05) is 0 Å². The molecule has 2 nitrogen and oxygen atoms in total. The predicted octanol–water partition coefficient (Wildman–Crippen LogP) is 10.1. The van der Waals surface area contributed by atoms with Crippen molar-refractivity contribution in [1.29, 1.82) is 0 Å². The van der Waals surface area contributed by atoms with E-state index in [0.717, 1.165) is 17.9 Å². The second-order valence-electron chi connectivity index (χ2n) is 10.4. The molecule has 0 bridgehead atoms. The van der Waals surface area contributed by atoms with Crippen LogP contribution in [-0.2, 0) is 6.42 Å². The van der Waals surface area contributed by atoms with E-state index in [2.05, 4.69) is 122 Å². The molecular formula is C28H35I4NO. The highest BCUT2D eigenvalue weighted by Crippen LogP contribution is 2.51. The van der Waals surface area contributed by atoms with Crippen molar-refractivity contribution < 1.29 is 4.74 Å². The van der Waals surface area contributed by atoms with Crippen molar-refractivity contribution in [2.24, 2.45) is 11.1 Å². The fourth-order valence-electron chi connectivity index (χ4n) is 6.15. The molecule has 0 heterocycles. The van der Waals surface area contributed by atoms with E-state index in [4.69, 9.17) is 10.5 Å². The van der Waals surface area contributed by atoms with Crippen LogP contribution in [0.1, 0.15) is 88.2 Å². The van der Waals surface area contributed by atoms with E-state index in [1.54, 1.807) is 0 Å². The average Bonchev–Trinajstić information content (AvgIpc) is 2.78. The molecule has 2 aromatic rings. The molecule has 34 heavy (non-hydrogen) atoms. The SMILES string of the molecule is Cc1c(I)cc(Oc2c(I)cc(CC3(C4(N)CCCCCCC4)CCCCC3)cc2I)cc1I. The molecule has 0 radical (unpaired) electrons. The maximum atomic E-state index is 7.40. The Kier molecular flexibility index (Phi) is 10.2. The Balaban J connectivity index is 1.62. The standard InChI is InChI=1S/C28H35I4NO/c1-19-22(29)16-21(17-23(19)30)34-26-24(31)14-20(15-25(26)32)18-27(10-6-5-7-11-27)28(33)12-8-3-2-4-9-13-28/h14-17H,2-13,18,33H2,1H3. The molecule has 2 fully saturated rings. The van der Waals surface area contributed by atoms with Gasteiger partial charge in [0.05, 0.1) is 7.14 Å². The molecule has 6 heteroatoms. The third kappa shape index (κ3) is 6.39. The van der Waals surface area contributed by atoms with Gasteiger partial charge in [0.25, 0.3) is 0 Å². The van der Waals surface area contributed by atoms with Crippen molar-refractivity contribution >= 4 is 90.4 Å². The van der Waals surface area contributed by atoms with Crippen LogP contribution in [0.2, 0.25) is 0 Å². The molecule has 4 rings (SSSR count). The van der Waals surface area contributed by atoms with Gasteiger partial charge in [-0.1, -0.05) is 51.4 Å². The highest BCUT2D eigenvalue weighted by Gasteiger charge is 2.48. The molecule has 0 aliphatic heterocycles. The quantitative estimate of drug-likeness (QED) is 0.304. The lowest BCUT2D eigenvalue weighted by Gasteiger charge is -2.52. The zero-order chi connectivity index (χ0) is 24.3. The van der Waals surface area contributed by atoms with Gasteiger partial charge in [-0.15, -0.1) is 0 Å². The molecule has 2 aliphatic carbocycles. The Morgan fingerprint density at radius 3 is 1.74 bits per heavy atom. The van der Waals surface area contributed by atoms with Gasteiger partial charge in [0.15, 0.2) is 5.75 Å². The highest BCUT2D eigenvalue weighted by molar-refractivity contribution is 14.1. The second-order valence-corrected chi connectivity index (χ2v) is 15.1. The van der Waals surface area contributed by atoms with E-state index >= 15 is 0 Å². The average molecular weight is 909 g/mol. The number of ether oxygens (including phenoxy) is 1. The number of rotatable bonds is 5. The van der Waals surface area contributed by atoms with Crippen LogP contribution in [0.4, 0.5) is 0 Å². The number of hydrogen-bond donors (Lipinski definition) is 1. The summed E-state index contributed by atoms with van der Waals surface area (Å²) in [7, 11) is 0. The summed E-state index contributed by atoms with van der Waals surface area (Å²) in [5.74, 6) is 1.90.